The minimum absolute atomic E-state index is 0.00229. The first kappa shape index (κ1) is 30.1. The number of amides is 2. The predicted molar refractivity (Wildman–Crippen MR) is 160 cm³/mol. The molecule has 2 N–H and O–H groups in total. The number of fused-ring (bicyclic) bond motifs is 1. The number of nitrogens with zero attached hydrogens (tertiary/aromatic N) is 2. The zero-order valence-corrected chi connectivity index (χ0v) is 24.4. The monoisotopic (exact) mass is 559 g/mol. The molecule has 1 heterocycles. The summed E-state index contributed by atoms with van der Waals surface area (Å²) in [6.07, 6.45) is 0.160. The molecule has 3 aromatic carbocycles. The van der Waals surface area contributed by atoms with Gasteiger partial charge in [-0.2, -0.15) is 0 Å². The van der Waals surface area contributed by atoms with Crippen LogP contribution in [0.15, 0.2) is 72.8 Å². The van der Waals surface area contributed by atoms with Gasteiger partial charge in [0.05, 0.1) is 32.6 Å². The lowest BCUT2D eigenvalue weighted by Gasteiger charge is -2.34. The molecule has 41 heavy (non-hydrogen) atoms. The Morgan fingerprint density at radius 1 is 1.12 bits per heavy atom. The normalized spacial score (nSPS) is 18.0. The van der Waals surface area contributed by atoms with Gasteiger partial charge in [0.15, 0.2) is 0 Å². The molecule has 1 aliphatic heterocycles. The third-order valence-corrected chi connectivity index (χ3v) is 7.51. The van der Waals surface area contributed by atoms with Crippen LogP contribution in [-0.4, -0.2) is 72.7 Å². The molecule has 0 bridgehead atoms. The first-order valence-electron chi connectivity index (χ1n) is 14.1. The Bertz CT molecular complexity index is 1300. The van der Waals surface area contributed by atoms with Gasteiger partial charge < -0.3 is 24.8 Å². The number of anilines is 1. The van der Waals surface area contributed by atoms with E-state index in [1.165, 1.54) is 0 Å². The molecule has 0 aromatic heterocycles. The van der Waals surface area contributed by atoms with Crippen LogP contribution < -0.4 is 14.8 Å². The summed E-state index contributed by atoms with van der Waals surface area (Å²) in [4.78, 5) is 30.2. The van der Waals surface area contributed by atoms with E-state index < -0.39 is 0 Å². The third kappa shape index (κ3) is 8.31. The van der Waals surface area contributed by atoms with E-state index in [1.807, 2.05) is 67.6 Å². The Morgan fingerprint density at radius 3 is 2.54 bits per heavy atom. The number of likely N-dealkylation sites (N-methyl/N-ethyl adjacent to an activating group) is 1. The van der Waals surface area contributed by atoms with E-state index in [1.54, 1.807) is 12.0 Å². The molecule has 8 nitrogen and oxygen atoms in total. The SMILES string of the molecule is COc1ccc(CN(C)C[C@H]2Oc3ccc(NC(=O)Cc4ccccc4)cc3CC(=O)N([C@H](C)CO)C[C@@H]2C)cc1. The Balaban J connectivity index is 1.55. The molecule has 0 unspecified atom stereocenters. The van der Waals surface area contributed by atoms with Gasteiger partial charge in [0.2, 0.25) is 11.8 Å². The molecule has 0 saturated carbocycles. The average molecular weight is 560 g/mol. The lowest BCUT2D eigenvalue weighted by molar-refractivity contribution is -0.134. The maximum Gasteiger partial charge on any atom is 0.228 e. The molecule has 4 rings (SSSR count). The van der Waals surface area contributed by atoms with E-state index in [-0.39, 0.29) is 49.3 Å². The van der Waals surface area contributed by atoms with Crippen LogP contribution in [0.5, 0.6) is 11.5 Å². The number of benzene rings is 3. The Labute approximate surface area is 242 Å². The summed E-state index contributed by atoms with van der Waals surface area (Å²) in [6, 6.07) is 22.7. The number of nitrogens with one attached hydrogen (secondary N) is 1. The van der Waals surface area contributed by atoms with Gasteiger partial charge in [0.25, 0.3) is 0 Å². The van der Waals surface area contributed by atoms with Crippen molar-refractivity contribution < 1.29 is 24.2 Å². The predicted octanol–water partition coefficient (Wildman–Crippen LogP) is 4.16. The van der Waals surface area contributed by atoms with Crippen molar-refractivity contribution in [3.8, 4) is 11.5 Å². The summed E-state index contributed by atoms with van der Waals surface area (Å²) < 4.78 is 11.9. The van der Waals surface area contributed by atoms with Crippen molar-refractivity contribution in [3.05, 3.63) is 89.5 Å². The molecule has 0 radical (unpaired) electrons. The first-order valence-corrected chi connectivity index (χ1v) is 14.1. The molecule has 0 saturated heterocycles. The number of carbonyl (C=O) groups is 2. The van der Waals surface area contributed by atoms with Crippen LogP contribution in [0.25, 0.3) is 0 Å². The highest BCUT2D eigenvalue weighted by atomic mass is 16.5. The van der Waals surface area contributed by atoms with E-state index in [0.717, 1.165) is 23.4 Å². The lowest BCUT2D eigenvalue weighted by atomic mass is 10.0. The van der Waals surface area contributed by atoms with Crippen LogP contribution in [0.3, 0.4) is 0 Å². The third-order valence-electron chi connectivity index (χ3n) is 7.51. The van der Waals surface area contributed by atoms with Crippen molar-refractivity contribution in [2.75, 3.05) is 39.2 Å². The van der Waals surface area contributed by atoms with E-state index in [9.17, 15) is 14.7 Å². The zero-order chi connectivity index (χ0) is 29.4. The molecule has 1 aliphatic rings. The van der Waals surface area contributed by atoms with Gasteiger partial charge in [0.1, 0.15) is 17.6 Å². The Kier molecular flexibility index (Phi) is 10.4. The fraction of sp³-hybridized carbons (Fsp3) is 0.394. The van der Waals surface area contributed by atoms with E-state index in [2.05, 4.69) is 36.3 Å². The molecule has 0 spiro atoms. The summed E-state index contributed by atoms with van der Waals surface area (Å²) in [5.74, 6) is 1.24. The molecule has 0 fully saturated rings. The minimum Gasteiger partial charge on any atom is -0.497 e. The molecule has 218 valence electrons. The number of hydrogen-bond acceptors (Lipinski definition) is 6. The molecule has 3 atom stereocenters. The van der Waals surface area contributed by atoms with Crippen LogP contribution in [0.2, 0.25) is 0 Å². The second-order valence-electron chi connectivity index (χ2n) is 11.0. The highest BCUT2D eigenvalue weighted by Gasteiger charge is 2.31. The first-order chi connectivity index (χ1) is 19.7. The van der Waals surface area contributed by atoms with Crippen LogP contribution in [0, 0.1) is 5.92 Å². The molecule has 3 aromatic rings. The van der Waals surface area contributed by atoms with Crippen LogP contribution >= 0.6 is 0 Å². The summed E-state index contributed by atoms with van der Waals surface area (Å²) in [7, 11) is 3.71. The zero-order valence-electron chi connectivity index (χ0n) is 24.4. The van der Waals surface area contributed by atoms with Gasteiger partial charge in [-0.05, 0) is 55.4 Å². The van der Waals surface area contributed by atoms with Crippen LogP contribution in [0.4, 0.5) is 5.69 Å². The van der Waals surface area contributed by atoms with Crippen molar-refractivity contribution in [1.82, 2.24) is 9.80 Å². The van der Waals surface area contributed by atoms with Gasteiger partial charge in [-0.25, -0.2) is 0 Å². The Hall–Kier alpha value is -3.88. The topological polar surface area (TPSA) is 91.3 Å². The largest absolute Gasteiger partial charge is 0.497 e. The minimum atomic E-state index is -0.321. The maximum atomic E-state index is 13.5. The van der Waals surface area contributed by atoms with E-state index in [4.69, 9.17) is 9.47 Å². The number of hydrogen-bond donors (Lipinski definition) is 2. The van der Waals surface area contributed by atoms with Gasteiger partial charge >= 0.3 is 0 Å². The second kappa shape index (κ2) is 14.1. The number of ether oxygens (including phenoxy) is 2. The number of methoxy groups -OCH3 is 1. The van der Waals surface area contributed by atoms with Gasteiger partial charge in [0, 0.05) is 36.8 Å². The average Bonchev–Trinajstić information content (AvgIpc) is 3.01. The van der Waals surface area contributed by atoms with Gasteiger partial charge in [-0.3, -0.25) is 14.5 Å². The smallest absolute Gasteiger partial charge is 0.228 e. The number of rotatable bonds is 10. The standard InChI is InChI=1S/C33H41N3O5/c1-23-19-36(24(2)22-37)33(39)18-27-17-28(34-32(38)16-25-8-6-5-7-9-25)12-15-30(27)41-31(23)21-35(3)20-26-10-13-29(40-4)14-11-26/h5-15,17,23-24,31,37H,16,18-22H2,1-4H3,(H,34,38)/t23-,24+,31+/m0/s1. The summed E-state index contributed by atoms with van der Waals surface area (Å²) in [6.45, 7) is 5.65. The van der Waals surface area contributed by atoms with Gasteiger partial charge in [-0.1, -0.05) is 49.4 Å². The quantitative estimate of drug-likeness (QED) is 0.388. The lowest BCUT2D eigenvalue weighted by Crippen LogP contribution is -2.47. The van der Waals surface area contributed by atoms with Crippen LogP contribution in [0.1, 0.15) is 30.5 Å². The molecular weight excluding hydrogens is 518 g/mol. The van der Waals surface area contributed by atoms with Crippen molar-refractivity contribution in [2.45, 2.75) is 45.4 Å². The van der Waals surface area contributed by atoms with Crippen LogP contribution in [-0.2, 0) is 29.0 Å². The van der Waals surface area contributed by atoms with E-state index >= 15 is 0 Å². The summed E-state index contributed by atoms with van der Waals surface area (Å²) >= 11 is 0. The molecule has 8 heteroatoms. The maximum absolute atomic E-state index is 13.5. The van der Waals surface area contributed by atoms with Crippen molar-refractivity contribution in [2.24, 2.45) is 5.92 Å². The van der Waals surface area contributed by atoms with Crippen molar-refractivity contribution in [1.29, 1.82) is 0 Å². The van der Waals surface area contributed by atoms with Crippen molar-refractivity contribution >= 4 is 17.5 Å². The highest BCUT2D eigenvalue weighted by molar-refractivity contribution is 5.92. The van der Waals surface area contributed by atoms with Crippen molar-refractivity contribution in [3.63, 3.8) is 0 Å². The summed E-state index contributed by atoms with van der Waals surface area (Å²) in [5, 5.41) is 12.9. The number of aliphatic hydroxyl groups excluding tert-OH is 1. The number of carbonyl (C=O) groups excluding carboxylic acids is 2. The summed E-state index contributed by atoms with van der Waals surface area (Å²) in [5.41, 5.74) is 3.41. The van der Waals surface area contributed by atoms with E-state index in [0.29, 0.717) is 30.1 Å². The number of aliphatic hydroxyl groups is 1. The molecule has 2 amide bonds. The van der Waals surface area contributed by atoms with Gasteiger partial charge in [-0.15, -0.1) is 0 Å². The molecule has 0 aliphatic carbocycles. The fourth-order valence-corrected chi connectivity index (χ4v) is 5.13. The fourth-order valence-electron chi connectivity index (χ4n) is 5.13. The second-order valence-corrected chi connectivity index (χ2v) is 11.0. The Morgan fingerprint density at radius 2 is 1.85 bits per heavy atom. The highest BCUT2D eigenvalue weighted by Crippen LogP contribution is 2.29. The molecular formula is C33H41N3O5.